The van der Waals surface area contributed by atoms with Crippen molar-refractivity contribution in [3.05, 3.63) is 55.7 Å². The number of benzene rings is 1. The van der Waals surface area contributed by atoms with Crippen molar-refractivity contribution in [3.8, 4) is 11.6 Å². The summed E-state index contributed by atoms with van der Waals surface area (Å²) in [4.78, 5) is 32.3. The first-order valence-electron chi connectivity index (χ1n) is 8.72. The molecule has 0 radical (unpaired) electrons. The highest BCUT2D eigenvalue weighted by atomic mass is 35.5. The van der Waals surface area contributed by atoms with Gasteiger partial charge >= 0.3 is 5.69 Å². The first-order valence-corrected chi connectivity index (χ1v) is 9.10. The lowest BCUT2D eigenvalue weighted by atomic mass is 10.2. The molecule has 144 valence electrons. The van der Waals surface area contributed by atoms with Crippen molar-refractivity contribution < 1.29 is 14.7 Å². The normalized spacial score (nSPS) is 15.9. The van der Waals surface area contributed by atoms with Crippen molar-refractivity contribution in [1.29, 1.82) is 0 Å². The highest BCUT2D eigenvalue weighted by Gasteiger charge is 2.14. The Balaban J connectivity index is 1.89. The average molecular weight is 393 g/mol. The SMILES string of the molecule is CC(=NCC[NH+]1CCOCC1)c1c([O-])n(-c2ccc(Cl)cc2)c(=O)[nH]c1=O. The minimum atomic E-state index is -0.790. The van der Waals surface area contributed by atoms with E-state index in [0.717, 1.165) is 37.4 Å². The van der Waals surface area contributed by atoms with Crippen LogP contribution >= 0.6 is 11.6 Å². The molecule has 1 aromatic carbocycles. The maximum atomic E-state index is 12.8. The number of hydrogen-bond donors (Lipinski definition) is 2. The number of nitrogens with one attached hydrogen (secondary N) is 2. The van der Waals surface area contributed by atoms with Crippen LogP contribution in [0.5, 0.6) is 5.88 Å². The number of aromatic nitrogens is 2. The van der Waals surface area contributed by atoms with E-state index in [1.165, 1.54) is 4.90 Å². The molecule has 1 aromatic heterocycles. The smallest absolute Gasteiger partial charge is 0.332 e. The van der Waals surface area contributed by atoms with Crippen molar-refractivity contribution in [2.24, 2.45) is 4.99 Å². The van der Waals surface area contributed by atoms with E-state index in [1.807, 2.05) is 0 Å². The van der Waals surface area contributed by atoms with Gasteiger partial charge in [-0.15, -0.1) is 0 Å². The van der Waals surface area contributed by atoms with Crippen molar-refractivity contribution in [3.63, 3.8) is 0 Å². The Bertz CT molecular complexity index is 943. The van der Waals surface area contributed by atoms with Crippen LogP contribution in [0.3, 0.4) is 0 Å². The molecular formula is C18H21ClN4O4. The molecule has 2 aromatic rings. The molecule has 1 fully saturated rings. The Hall–Kier alpha value is -2.42. The van der Waals surface area contributed by atoms with Crippen LogP contribution in [0.2, 0.25) is 5.02 Å². The average Bonchev–Trinajstić information content (AvgIpc) is 2.64. The molecule has 0 aliphatic carbocycles. The fourth-order valence-electron chi connectivity index (χ4n) is 3.03. The van der Waals surface area contributed by atoms with Crippen LogP contribution in [0.4, 0.5) is 0 Å². The van der Waals surface area contributed by atoms with E-state index < -0.39 is 17.1 Å². The van der Waals surface area contributed by atoms with Gasteiger partial charge in [-0.1, -0.05) is 11.6 Å². The molecule has 0 spiro atoms. The predicted molar refractivity (Wildman–Crippen MR) is 101 cm³/mol. The maximum absolute atomic E-state index is 12.8. The Morgan fingerprint density at radius 1 is 1.30 bits per heavy atom. The summed E-state index contributed by atoms with van der Waals surface area (Å²) in [6.07, 6.45) is 0. The van der Waals surface area contributed by atoms with Crippen LogP contribution in [0.15, 0.2) is 38.8 Å². The van der Waals surface area contributed by atoms with E-state index >= 15 is 0 Å². The Morgan fingerprint density at radius 3 is 2.63 bits per heavy atom. The zero-order chi connectivity index (χ0) is 19.4. The van der Waals surface area contributed by atoms with E-state index in [-0.39, 0.29) is 5.56 Å². The summed E-state index contributed by atoms with van der Waals surface area (Å²) in [5.41, 5.74) is -0.993. The Kier molecular flexibility index (Phi) is 6.10. The molecule has 0 unspecified atom stereocenters. The second-order valence-electron chi connectivity index (χ2n) is 6.33. The Morgan fingerprint density at radius 2 is 1.96 bits per heavy atom. The van der Waals surface area contributed by atoms with E-state index in [9.17, 15) is 14.7 Å². The summed E-state index contributed by atoms with van der Waals surface area (Å²) >= 11 is 5.85. The van der Waals surface area contributed by atoms with Gasteiger partial charge in [0, 0.05) is 16.4 Å². The maximum Gasteiger partial charge on any atom is 0.332 e. The molecule has 8 nitrogen and oxygen atoms in total. The molecule has 1 aliphatic rings. The lowest BCUT2D eigenvalue weighted by molar-refractivity contribution is -0.906. The van der Waals surface area contributed by atoms with E-state index in [2.05, 4.69) is 9.98 Å². The molecule has 2 N–H and O–H groups in total. The monoisotopic (exact) mass is 392 g/mol. The summed E-state index contributed by atoms with van der Waals surface area (Å²) in [6.45, 7) is 6.19. The van der Waals surface area contributed by atoms with E-state index in [0.29, 0.717) is 23.0 Å². The van der Waals surface area contributed by atoms with Gasteiger partial charge in [0.15, 0.2) is 0 Å². The lowest BCUT2D eigenvalue weighted by Gasteiger charge is -2.23. The number of hydrogen-bond acceptors (Lipinski definition) is 5. The molecule has 9 heteroatoms. The summed E-state index contributed by atoms with van der Waals surface area (Å²) in [6, 6.07) is 6.22. The van der Waals surface area contributed by atoms with Gasteiger partial charge in [-0.2, -0.15) is 0 Å². The second kappa shape index (κ2) is 8.51. The van der Waals surface area contributed by atoms with Crippen molar-refractivity contribution in [1.82, 2.24) is 9.55 Å². The van der Waals surface area contributed by atoms with Crippen LogP contribution in [-0.4, -0.2) is 54.7 Å². The minimum absolute atomic E-state index is 0.124. The van der Waals surface area contributed by atoms with Crippen molar-refractivity contribution in [2.45, 2.75) is 6.92 Å². The third kappa shape index (κ3) is 4.47. The van der Waals surface area contributed by atoms with Crippen molar-refractivity contribution >= 4 is 17.3 Å². The number of quaternary nitrogens is 1. The van der Waals surface area contributed by atoms with Crippen LogP contribution in [0.25, 0.3) is 5.69 Å². The van der Waals surface area contributed by atoms with Crippen LogP contribution < -0.4 is 21.3 Å². The van der Waals surface area contributed by atoms with Crippen LogP contribution in [0, 0.1) is 0 Å². The molecule has 0 amide bonds. The third-order valence-electron chi connectivity index (χ3n) is 4.53. The number of nitrogens with zero attached hydrogens (tertiary/aromatic N) is 2. The zero-order valence-corrected chi connectivity index (χ0v) is 15.7. The van der Waals surface area contributed by atoms with Gasteiger partial charge in [0.25, 0.3) is 5.56 Å². The summed E-state index contributed by atoms with van der Waals surface area (Å²) in [5, 5.41) is 13.3. The van der Waals surface area contributed by atoms with Gasteiger partial charge in [-0.3, -0.25) is 19.3 Å². The highest BCUT2D eigenvalue weighted by molar-refractivity contribution is 6.30. The van der Waals surface area contributed by atoms with Gasteiger partial charge in [0.1, 0.15) is 13.1 Å². The molecule has 1 aliphatic heterocycles. The first kappa shape index (κ1) is 19.3. The second-order valence-corrected chi connectivity index (χ2v) is 6.77. The third-order valence-corrected chi connectivity index (χ3v) is 4.78. The number of aromatic amines is 1. The van der Waals surface area contributed by atoms with Crippen LogP contribution in [0.1, 0.15) is 12.5 Å². The molecule has 3 rings (SSSR count). The lowest BCUT2D eigenvalue weighted by Crippen LogP contribution is -3.14. The van der Waals surface area contributed by atoms with E-state index in [4.69, 9.17) is 16.3 Å². The molecule has 27 heavy (non-hydrogen) atoms. The molecule has 0 atom stereocenters. The molecule has 0 saturated carbocycles. The number of rotatable bonds is 5. The Labute approximate surface area is 160 Å². The predicted octanol–water partition coefficient (Wildman–Crippen LogP) is -1.02. The molecule has 0 bridgehead atoms. The zero-order valence-electron chi connectivity index (χ0n) is 15.0. The molecular weight excluding hydrogens is 372 g/mol. The van der Waals surface area contributed by atoms with Gasteiger partial charge in [-0.25, -0.2) is 4.79 Å². The van der Waals surface area contributed by atoms with Gasteiger partial charge < -0.3 is 14.7 Å². The fraction of sp³-hybridized carbons (Fsp3) is 0.389. The number of aliphatic imine (C=N–C) groups is 1. The van der Waals surface area contributed by atoms with Gasteiger partial charge in [-0.05, 0) is 37.1 Å². The largest absolute Gasteiger partial charge is 0.859 e. The summed E-state index contributed by atoms with van der Waals surface area (Å²) in [5.74, 6) is -0.689. The van der Waals surface area contributed by atoms with Gasteiger partial charge in [0.05, 0.1) is 31.9 Å². The number of morpholine rings is 1. The van der Waals surface area contributed by atoms with Crippen LogP contribution in [-0.2, 0) is 4.74 Å². The minimum Gasteiger partial charge on any atom is -0.859 e. The standard InChI is InChI=1S/C18H21ClN4O4/c1-12(20-6-7-22-8-10-27-11-9-22)15-16(24)21-18(26)23(17(15)25)14-4-2-13(19)3-5-14/h2-5,25H,6-11H2,1H3,(H,21,24,26). The topological polar surface area (TPSA) is 104 Å². The summed E-state index contributed by atoms with van der Waals surface area (Å²) in [7, 11) is 0. The number of ether oxygens (including phenoxy) is 1. The number of halogens is 1. The highest BCUT2D eigenvalue weighted by Crippen LogP contribution is 2.17. The van der Waals surface area contributed by atoms with E-state index in [1.54, 1.807) is 31.2 Å². The fourth-order valence-corrected chi connectivity index (χ4v) is 3.16. The van der Waals surface area contributed by atoms with Gasteiger partial charge in [0.2, 0.25) is 0 Å². The summed E-state index contributed by atoms with van der Waals surface area (Å²) < 4.78 is 6.23. The molecule has 2 heterocycles. The molecule has 1 saturated heterocycles. The number of H-pyrrole nitrogens is 1. The first-order chi connectivity index (χ1) is 13.0. The quantitative estimate of drug-likeness (QED) is 0.635. The van der Waals surface area contributed by atoms with Crippen molar-refractivity contribution in [2.75, 3.05) is 39.4 Å².